The molecule has 3 N–H and O–H groups in total. The number of thioether (sulfide) groups is 1. The second-order valence-corrected chi connectivity index (χ2v) is 8.91. The lowest BCUT2D eigenvalue weighted by Gasteiger charge is -2.03. The second kappa shape index (κ2) is 9.13. The molecule has 1 amide bonds. The fraction of sp³-hybridized carbons (Fsp3) is 0.0556. The highest BCUT2D eigenvalue weighted by Crippen LogP contribution is 2.31. The number of phenolic OH excluding ortho intramolecular Hbond substituents is 2. The SMILES string of the molecule is COc1cc(/C=C2/S/C(=N\N=C/c3cc(I)cc(I)c3O)NC2=O)ccc1O. The second-order valence-electron chi connectivity index (χ2n) is 5.47. The zero-order valence-electron chi connectivity index (χ0n) is 14.3. The summed E-state index contributed by atoms with van der Waals surface area (Å²) in [5, 5.41) is 30.6. The maximum Gasteiger partial charge on any atom is 0.264 e. The summed E-state index contributed by atoms with van der Waals surface area (Å²) < 4.78 is 6.75. The van der Waals surface area contributed by atoms with Crippen LogP contribution in [0.2, 0.25) is 0 Å². The Bertz CT molecular complexity index is 1040. The monoisotopic (exact) mass is 621 g/mol. The van der Waals surface area contributed by atoms with Crippen LogP contribution >= 0.6 is 56.9 Å². The smallest absolute Gasteiger partial charge is 0.264 e. The largest absolute Gasteiger partial charge is 0.506 e. The lowest BCUT2D eigenvalue weighted by atomic mass is 10.2. The molecule has 0 aliphatic carbocycles. The number of rotatable bonds is 4. The number of amides is 1. The first-order valence-electron chi connectivity index (χ1n) is 7.74. The fourth-order valence-electron chi connectivity index (χ4n) is 2.24. The lowest BCUT2D eigenvalue weighted by Crippen LogP contribution is -2.19. The average molecular weight is 621 g/mol. The van der Waals surface area contributed by atoms with E-state index in [1.165, 1.54) is 19.4 Å². The Morgan fingerprint density at radius 1 is 1.21 bits per heavy atom. The van der Waals surface area contributed by atoms with Crippen LogP contribution in [-0.4, -0.2) is 34.6 Å². The summed E-state index contributed by atoms with van der Waals surface area (Å²) in [6.45, 7) is 0. The van der Waals surface area contributed by atoms with Gasteiger partial charge in [-0.25, -0.2) is 0 Å². The number of hydrogen-bond donors (Lipinski definition) is 3. The summed E-state index contributed by atoms with van der Waals surface area (Å²) in [6.07, 6.45) is 3.11. The van der Waals surface area contributed by atoms with Gasteiger partial charge in [-0.15, -0.1) is 5.10 Å². The molecule has 1 saturated heterocycles. The summed E-state index contributed by atoms with van der Waals surface area (Å²) in [4.78, 5) is 12.6. The predicted octanol–water partition coefficient (Wildman–Crippen LogP) is 3.91. The molecule has 7 nitrogen and oxygen atoms in total. The molecule has 2 aromatic rings. The fourth-order valence-corrected chi connectivity index (χ4v) is 4.91. The van der Waals surface area contributed by atoms with Crippen molar-refractivity contribution in [2.24, 2.45) is 10.2 Å². The molecular weight excluding hydrogens is 608 g/mol. The van der Waals surface area contributed by atoms with Gasteiger partial charge in [0.25, 0.3) is 5.91 Å². The highest BCUT2D eigenvalue weighted by Gasteiger charge is 2.24. The number of halogens is 2. The molecule has 0 unspecified atom stereocenters. The zero-order valence-corrected chi connectivity index (χ0v) is 19.4. The standard InChI is InChI=1S/C18H13I2N3O4S/c1-27-14-4-9(2-3-13(14)24)5-15-17(26)22-18(28-15)23-21-8-10-6-11(19)7-12(20)16(10)25/h2-8,24-25H,1H3,(H,22,23,26)/b15-5+,21-8-. The van der Waals surface area contributed by atoms with Crippen LogP contribution in [0.5, 0.6) is 17.2 Å². The Morgan fingerprint density at radius 3 is 2.75 bits per heavy atom. The number of amidine groups is 1. The van der Waals surface area contributed by atoms with E-state index in [-0.39, 0.29) is 17.4 Å². The van der Waals surface area contributed by atoms with Crippen molar-refractivity contribution >= 4 is 80.3 Å². The Kier molecular flexibility index (Phi) is 6.82. The highest BCUT2D eigenvalue weighted by molar-refractivity contribution is 14.1. The van der Waals surface area contributed by atoms with Crippen molar-refractivity contribution in [2.75, 3.05) is 7.11 Å². The van der Waals surface area contributed by atoms with Gasteiger partial charge in [-0.2, -0.15) is 5.10 Å². The first-order valence-corrected chi connectivity index (χ1v) is 10.7. The van der Waals surface area contributed by atoms with Gasteiger partial charge in [-0.1, -0.05) is 6.07 Å². The Labute approximate surface area is 192 Å². The van der Waals surface area contributed by atoms with Crippen LogP contribution in [0.3, 0.4) is 0 Å². The molecule has 28 heavy (non-hydrogen) atoms. The number of nitrogens with one attached hydrogen (secondary N) is 1. The quantitative estimate of drug-likeness (QED) is 0.208. The topological polar surface area (TPSA) is 104 Å². The molecule has 1 fully saturated rings. The van der Waals surface area contributed by atoms with E-state index < -0.39 is 0 Å². The number of aromatic hydroxyl groups is 2. The Balaban J connectivity index is 1.77. The molecule has 10 heteroatoms. The van der Waals surface area contributed by atoms with Crippen molar-refractivity contribution in [1.29, 1.82) is 0 Å². The van der Waals surface area contributed by atoms with E-state index in [2.05, 4.69) is 38.1 Å². The molecule has 0 saturated carbocycles. The van der Waals surface area contributed by atoms with E-state index in [9.17, 15) is 15.0 Å². The average Bonchev–Trinajstić information content (AvgIpc) is 3.00. The minimum atomic E-state index is -0.294. The number of phenols is 2. The number of carbonyl (C=O) groups is 1. The van der Waals surface area contributed by atoms with E-state index in [1.807, 2.05) is 28.7 Å². The van der Waals surface area contributed by atoms with Gasteiger partial charge < -0.3 is 14.9 Å². The van der Waals surface area contributed by atoms with Gasteiger partial charge in [-0.05, 0) is 92.8 Å². The number of ether oxygens (including phenoxy) is 1. The molecule has 0 spiro atoms. The number of nitrogens with zero attached hydrogens (tertiary/aromatic N) is 2. The summed E-state index contributed by atoms with van der Waals surface area (Å²) >= 11 is 5.34. The first kappa shape index (κ1) is 20.9. The van der Waals surface area contributed by atoms with Gasteiger partial charge in [0.2, 0.25) is 0 Å². The molecule has 2 aromatic carbocycles. The third-order valence-corrected chi connectivity index (χ3v) is 5.90. The maximum atomic E-state index is 12.1. The van der Waals surface area contributed by atoms with Gasteiger partial charge >= 0.3 is 0 Å². The molecule has 3 rings (SSSR count). The summed E-state index contributed by atoms with van der Waals surface area (Å²) in [5.74, 6) is 0.189. The summed E-state index contributed by atoms with van der Waals surface area (Å²) in [5.41, 5.74) is 1.25. The van der Waals surface area contributed by atoms with Crippen molar-refractivity contribution in [3.05, 3.63) is 53.5 Å². The van der Waals surface area contributed by atoms with Crippen molar-refractivity contribution in [2.45, 2.75) is 0 Å². The minimum absolute atomic E-state index is 0.0262. The van der Waals surface area contributed by atoms with E-state index >= 15 is 0 Å². The molecule has 0 atom stereocenters. The minimum Gasteiger partial charge on any atom is -0.506 e. The van der Waals surface area contributed by atoms with E-state index in [4.69, 9.17) is 4.74 Å². The van der Waals surface area contributed by atoms with Gasteiger partial charge in [0, 0.05) is 9.13 Å². The first-order chi connectivity index (χ1) is 13.4. The van der Waals surface area contributed by atoms with Crippen LogP contribution in [0.1, 0.15) is 11.1 Å². The molecule has 1 aliphatic rings. The molecular formula is C18H13I2N3O4S. The summed E-state index contributed by atoms with van der Waals surface area (Å²) in [6, 6.07) is 8.43. The maximum absolute atomic E-state index is 12.1. The molecule has 0 aromatic heterocycles. The molecule has 1 aliphatic heterocycles. The number of benzene rings is 2. The van der Waals surface area contributed by atoms with Crippen LogP contribution < -0.4 is 10.1 Å². The van der Waals surface area contributed by atoms with Gasteiger partial charge in [0.15, 0.2) is 16.7 Å². The molecule has 144 valence electrons. The van der Waals surface area contributed by atoms with E-state index in [0.717, 1.165) is 18.9 Å². The lowest BCUT2D eigenvalue weighted by molar-refractivity contribution is -0.115. The van der Waals surface area contributed by atoms with Crippen LogP contribution in [0.15, 0.2) is 45.4 Å². The third kappa shape index (κ3) is 4.97. The van der Waals surface area contributed by atoms with Crippen LogP contribution in [0.25, 0.3) is 6.08 Å². The normalized spacial score (nSPS) is 16.9. The molecule has 1 heterocycles. The van der Waals surface area contributed by atoms with Crippen LogP contribution in [0.4, 0.5) is 0 Å². The molecule has 0 bridgehead atoms. The third-order valence-electron chi connectivity index (χ3n) is 3.56. The van der Waals surface area contributed by atoms with E-state index in [1.54, 1.807) is 24.3 Å². The number of carbonyl (C=O) groups excluding carboxylic acids is 1. The highest BCUT2D eigenvalue weighted by atomic mass is 127. The predicted molar refractivity (Wildman–Crippen MR) is 127 cm³/mol. The zero-order chi connectivity index (χ0) is 20.3. The van der Waals surface area contributed by atoms with Crippen LogP contribution in [-0.2, 0) is 4.79 Å². The van der Waals surface area contributed by atoms with Crippen molar-refractivity contribution in [1.82, 2.24) is 5.32 Å². The van der Waals surface area contributed by atoms with Crippen molar-refractivity contribution in [3.8, 4) is 17.2 Å². The van der Waals surface area contributed by atoms with Crippen LogP contribution in [0, 0.1) is 7.14 Å². The molecule has 0 radical (unpaired) electrons. The van der Waals surface area contributed by atoms with E-state index in [0.29, 0.717) is 26.9 Å². The van der Waals surface area contributed by atoms with Gasteiger partial charge in [-0.3, -0.25) is 10.1 Å². The number of methoxy groups -OCH3 is 1. The van der Waals surface area contributed by atoms with Gasteiger partial charge in [0.05, 0.1) is 21.8 Å². The Morgan fingerprint density at radius 2 is 2.00 bits per heavy atom. The summed E-state index contributed by atoms with van der Waals surface area (Å²) in [7, 11) is 1.46. The van der Waals surface area contributed by atoms with Crippen molar-refractivity contribution < 1.29 is 19.7 Å². The number of hydrogen-bond acceptors (Lipinski definition) is 7. The van der Waals surface area contributed by atoms with Gasteiger partial charge in [0.1, 0.15) is 5.75 Å². The Hall–Kier alpha value is -1.80. The van der Waals surface area contributed by atoms with Crippen molar-refractivity contribution in [3.63, 3.8) is 0 Å².